The Kier molecular flexibility index (Phi) is 5.99. The van der Waals surface area contributed by atoms with E-state index >= 15 is 0 Å². The highest BCUT2D eigenvalue weighted by Gasteiger charge is 2.30. The van der Waals surface area contributed by atoms with Gasteiger partial charge < -0.3 is 9.42 Å². The zero-order valence-electron chi connectivity index (χ0n) is 17.9. The molecule has 0 unspecified atom stereocenters. The van der Waals surface area contributed by atoms with Crippen LogP contribution >= 0.6 is 0 Å². The van der Waals surface area contributed by atoms with Gasteiger partial charge >= 0.3 is 0 Å². The van der Waals surface area contributed by atoms with Crippen molar-refractivity contribution in [2.75, 3.05) is 19.6 Å². The van der Waals surface area contributed by atoms with Gasteiger partial charge in [0.05, 0.1) is 17.6 Å². The van der Waals surface area contributed by atoms with Crippen LogP contribution in [-0.4, -0.2) is 56.7 Å². The van der Waals surface area contributed by atoms with Crippen LogP contribution in [0.1, 0.15) is 47.1 Å². The Morgan fingerprint density at radius 3 is 2.80 bits per heavy atom. The summed E-state index contributed by atoms with van der Waals surface area (Å²) in [6.45, 7) is 9.06. The van der Waals surface area contributed by atoms with Gasteiger partial charge in [0.1, 0.15) is 11.3 Å². The molecule has 3 aromatic rings. The van der Waals surface area contributed by atoms with Crippen molar-refractivity contribution in [2.24, 2.45) is 0 Å². The van der Waals surface area contributed by atoms with Crippen molar-refractivity contribution in [1.29, 1.82) is 0 Å². The fraction of sp³-hybridized carbons (Fsp3) is 0.435. The van der Waals surface area contributed by atoms with E-state index in [2.05, 4.69) is 27.2 Å². The van der Waals surface area contributed by atoms with E-state index in [0.29, 0.717) is 36.1 Å². The van der Waals surface area contributed by atoms with Crippen molar-refractivity contribution in [3.8, 4) is 11.3 Å². The zero-order valence-corrected chi connectivity index (χ0v) is 17.9. The fourth-order valence-corrected chi connectivity index (χ4v) is 4.43. The number of hydrogen-bond donors (Lipinski definition) is 1. The number of hydrogen-bond acceptors (Lipinski definition) is 5. The smallest absolute Gasteiger partial charge is 0.259 e. The summed E-state index contributed by atoms with van der Waals surface area (Å²) in [6.07, 6.45) is 4.10. The molecule has 1 N–H and O–H groups in total. The third-order valence-corrected chi connectivity index (χ3v) is 6.01. The van der Waals surface area contributed by atoms with Crippen molar-refractivity contribution >= 4 is 5.91 Å². The number of H-pyrrole nitrogens is 1. The Morgan fingerprint density at radius 1 is 1.30 bits per heavy atom. The summed E-state index contributed by atoms with van der Waals surface area (Å²) < 4.78 is 5.28. The number of carbonyl (C=O) groups is 1. The van der Waals surface area contributed by atoms with Gasteiger partial charge in [-0.15, -0.1) is 0 Å². The summed E-state index contributed by atoms with van der Waals surface area (Å²) in [5, 5.41) is 11.4. The molecule has 1 atom stereocenters. The molecule has 7 heteroatoms. The lowest BCUT2D eigenvalue weighted by Gasteiger charge is -2.30. The quantitative estimate of drug-likeness (QED) is 0.644. The maximum atomic E-state index is 13.6. The normalized spacial score (nSPS) is 16.8. The van der Waals surface area contributed by atoms with Gasteiger partial charge in [0.25, 0.3) is 5.91 Å². The Labute approximate surface area is 177 Å². The van der Waals surface area contributed by atoms with Gasteiger partial charge in [-0.1, -0.05) is 42.4 Å². The SMILES string of the molecule is CCN1CCC[C@H]1CN(Cc1cn[nH]c1-c1ccccc1)C(=O)c1c(C)noc1C. The number of aromatic nitrogens is 3. The monoisotopic (exact) mass is 407 g/mol. The summed E-state index contributed by atoms with van der Waals surface area (Å²) in [5.74, 6) is 0.533. The zero-order chi connectivity index (χ0) is 21.1. The van der Waals surface area contributed by atoms with Crippen LogP contribution in [0.5, 0.6) is 0 Å². The molecular weight excluding hydrogens is 378 g/mol. The first-order valence-corrected chi connectivity index (χ1v) is 10.6. The molecule has 0 spiro atoms. The van der Waals surface area contributed by atoms with Crippen LogP contribution in [0.4, 0.5) is 0 Å². The van der Waals surface area contributed by atoms with E-state index in [1.807, 2.05) is 48.4 Å². The second kappa shape index (κ2) is 8.83. The van der Waals surface area contributed by atoms with Crippen molar-refractivity contribution in [1.82, 2.24) is 25.2 Å². The lowest BCUT2D eigenvalue weighted by atomic mass is 10.1. The predicted octanol–water partition coefficient (Wildman–Crippen LogP) is 3.81. The van der Waals surface area contributed by atoms with Gasteiger partial charge in [0.2, 0.25) is 0 Å². The van der Waals surface area contributed by atoms with E-state index in [1.165, 1.54) is 6.42 Å². The van der Waals surface area contributed by atoms with Gasteiger partial charge in [-0.05, 0) is 45.3 Å². The molecule has 7 nitrogen and oxygen atoms in total. The average molecular weight is 408 g/mol. The number of nitrogens with zero attached hydrogens (tertiary/aromatic N) is 4. The molecule has 1 aliphatic rings. The van der Waals surface area contributed by atoms with Crippen LogP contribution in [0.3, 0.4) is 0 Å². The summed E-state index contributed by atoms with van der Waals surface area (Å²) in [5.41, 5.74) is 4.22. The van der Waals surface area contributed by atoms with Crippen LogP contribution in [0.2, 0.25) is 0 Å². The molecule has 1 saturated heterocycles. The van der Waals surface area contributed by atoms with E-state index in [4.69, 9.17) is 4.52 Å². The summed E-state index contributed by atoms with van der Waals surface area (Å²) in [7, 11) is 0. The lowest BCUT2D eigenvalue weighted by molar-refractivity contribution is 0.0690. The maximum Gasteiger partial charge on any atom is 0.259 e. The van der Waals surface area contributed by atoms with Crippen molar-refractivity contribution in [3.05, 3.63) is 59.1 Å². The van der Waals surface area contributed by atoms with Gasteiger partial charge in [0.15, 0.2) is 0 Å². The number of aromatic amines is 1. The first-order chi connectivity index (χ1) is 14.6. The van der Waals surface area contributed by atoms with E-state index in [-0.39, 0.29) is 5.91 Å². The first-order valence-electron chi connectivity index (χ1n) is 10.6. The Morgan fingerprint density at radius 2 is 2.10 bits per heavy atom. The maximum absolute atomic E-state index is 13.6. The van der Waals surface area contributed by atoms with Crippen molar-refractivity contribution < 1.29 is 9.32 Å². The summed E-state index contributed by atoms with van der Waals surface area (Å²) in [4.78, 5) is 18.0. The standard InChI is InChI=1S/C23H29N5O2/c1-4-27-12-8-11-20(27)15-28(23(29)21-16(2)26-30-17(21)3)14-19-13-24-25-22(19)18-9-6-5-7-10-18/h5-7,9-10,13,20H,4,8,11-12,14-15H2,1-3H3,(H,24,25)/t20-/m0/s1. The lowest BCUT2D eigenvalue weighted by Crippen LogP contribution is -2.43. The van der Waals surface area contributed by atoms with E-state index in [9.17, 15) is 4.79 Å². The molecule has 1 amide bonds. The molecule has 1 fully saturated rings. The van der Waals surface area contributed by atoms with Gasteiger partial charge in [-0.3, -0.25) is 14.8 Å². The fourth-order valence-electron chi connectivity index (χ4n) is 4.43. The van der Waals surface area contributed by atoms with Crippen LogP contribution in [-0.2, 0) is 6.54 Å². The largest absolute Gasteiger partial charge is 0.361 e. The molecule has 1 aromatic carbocycles. The highest BCUT2D eigenvalue weighted by Crippen LogP contribution is 2.26. The average Bonchev–Trinajstić information content (AvgIpc) is 3.48. The van der Waals surface area contributed by atoms with Gasteiger partial charge in [0, 0.05) is 24.7 Å². The number of amides is 1. The Balaban J connectivity index is 1.64. The number of nitrogens with one attached hydrogen (secondary N) is 1. The minimum atomic E-state index is -0.0329. The van der Waals surface area contributed by atoms with Crippen LogP contribution < -0.4 is 0 Å². The van der Waals surface area contributed by atoms with Crippen LogP contribution in [0.15, 0.2) is 41.1 Å². The molecule has 158 valence electrons. The van der Waals surface area contributed by atoms with Gasteiger partial charge in [-0.2, -0.15) is 5.10 Å². The van der Waals surface area contributed by atoms with E-state index in [1.54, 1.807) is 6.92 Å². The number of likely N-dealkylation sites (N-methyl/N-ethyl adjacent to an activating group) is 1. The Bertz CT molecular complexity index is 975. The topological polar surface area (TPSA) is 78.3 Å². The van der Waals surface area contributed by atoms with Gasteiger partial charge in [-0.25, -0.2) is 0 Å². The van der Waals surface area contributed by atoms with Crippen molar-refractivity contribution in [3.63, 3.8) is 0 Å². The first kappa shape index (κ1) is 20.3. The molecule has 30 heavy (non-hydrogen) atoms. The van der Waals surface area contributed by atoms with E-state index < -0.39 is 0 Å². The number of benzene rings is 1. The highest BCUT2D eigenvalue weighted by molar-refractivity contribution is 5.96. The molecule has 1 aliphatic heterocycles. The molecule has 3 heterocycles. The third-order valence-electron chi connectivity index (χ3n) is 6.01. The van der Waals surface area contributed by atoms with Crippen LogP contribution in [0.25, 0.3) is 11.3 Å². The third kappa shape index (κ3) is 4.03. The molecule has 0 aliphatic carbocycles. The number of carbonyl (C=O) groups excluding carboxylic acids is 1. The molecule has 0 radical (unpaired) electrons. The highest BCUT2D eigenvalue weighted by atomic mass is 16.5. The van der Waals surface area contributed by atoms with Crippen molar-refractivity contribution in [2.45, 2.75) is 46.2 Å². The second-order valence-corrected chi connectivity index (χ2v) is 7.95. The number of aryl methyl sites for hydroxylation is 2. The predicted molar refractivity (Wildman–Crippen MR) is 115 cm³/mol. The number of likely N-dealkylation sites (tertiary alicyclic amines) is 1. The van der Waals surface area contributed by atoms with Crippen LogP contribution in [0, 0.1) is 13.8 Å². The minimum absolute atomic E-state index is 0.0329. The number of rotatable bonds is 7. The summed E-state index contributed by atoms with van der Waals surface area (Å²) in [6, 6.07) is 10.5. The molecular formula is C23H29N5O2. The molecule has 4 rings (SSSR count). The molecule has 2 aromatic heterocycles. The summed E-state index contributed by atoms with van der Waals surface area (Å²) >= 11 is 0. The Hall–Kier alpha value is -2.93. The second-order valence-electron chi connectivity index (χ2n) is 7.95. The molecule has 0 saturated carbocycles. The van der Waals surface area contributed by atoms with E-state index in [0.717, 1.165) is 36.3 Å². The minimum Gasteiger partial charge on any atom is -0.361 e. The molecule has 0 bridgehead atoms.